The summed E-state index contributed by atoms with van der Waals surface area (Å²) in [5.41, 5.74) is 9.84. The van der Waals surface area contributed by atoms with E-state index in [9.17, 15) is 5.26 Å². The van der Waals surface area contributed by atoms with Gasteiger partial charge in [-0.2, -0.15) is 5.26 Å². The van der Waals surface area contributed by atoms with Crippen molar-refractivity contribution in [1.29, 1.82) is 5.26 Å². The molecule has 1 atom stereocenters. The fraction of sp³-hybridized carbons (Fsp3) is 0.0833. The van der Waals surface area contributed by atoms with E-state index < -0.39 is 5.92 Å². The van der Waals surface area contributed by atoms with Crippen LogP contribution in [0.2, 0.25) is 0 Å². The maximum Gasteiger partial charge on any atom is 0.244 e. The van der Waals surface area contributed by atoms with E-state index in [4.69, 9.17) is 15.2 Å². The third-order valence-electron chi connectivity index (χ3n) is 5.40. The Balaban J connectivity index is 1.74. The number of allylic oxidation sites excluding steroid dienone is 1. The summed E-state index contributed by atoms with van der Waals surface area (Å²) in [5, 5.41) is 19.5. The van der Waals surface area contributed by atoms with Crippen LogP contribution in [0.5, 0.6) is 11.6 Å². The number of aromatic amines is 1. The van der Waals surface area contributed by atoms with Crippen LogP contribution < -0.4 is 15.2 Å². The molecule has 146 valence electrons. The van der Waals surface area contributed by atoms with Crippen LogP contribution in [0.25, 0.3) is 22.0 Å². The average Bonchev–Trinajstić information content (AvgIpc) is 3.21. The molecule has 3 aromatic carbocycles. The zero-order valence-corrected chi connectivity index (χ0v) is 16.2. The van der Waals surface area contributed by atoms with Gasteiger partial charge in [0.1, 0.15) is 17.4 Å². The highest BCUT2D eigenvalue weighted by atomic mass is 16.5. The van der Waals surface area contributed by atoms with Gasteiger partial charge in [-0.25, -0.2) is 0 Å². The Morgan fingerprint density at radius 1 is 1.07 bits per heavy atom. The molecular weight excluding hydrogens is 376 g/mol. The van der Waals surface area contributed by atoms with Crippen LogP contribution in [0.3, 0.4) is 0 Å². The molecule has 0 saturated heterocycles. The van der Waals surface area contributed by atoms with Crippen molar-refractivity contribution in [1.82, 2.24) is 10.2 Å². The minimum absolute atomic E-state index is 0.0758. The SMILES string of the molecule is COc1cccc(-c2[nH]nc3c2[C@H](c2ccc4ccccc4c2)C(C#N)=C(N)O3)c1. The van der Waals surface area contributed by atoms with Gasteiger partial charge in [0.2, 0.25) is 11.8 Å². The van der Waals surface area contributed by atoms with Crippen LogP contribution in [0, 0.1) is 11.3 Å². The number of nitrogens with one attached hydrogen (secondary N) is 1. The van der Waals surface area contributed by atoms with Crippen molar-refractivity contribution in [3.8, 4) is 29.0 Å². The summed E-state index contributed by atoms with van der Waals surface area (Å²) in [4.78, 5) is 0. The van der Waals surface area contributed by atoms with Gasteiger partial charge in [0.25, 0.3) is 0 Å². The number of nitrogens with two attached hydrogens (primary N) is 1. The maximum atomic E-state index is 9.89. The number of hydrogen-bond donors (Lipinski definition) is 2. The van der Waals surface area contributed by atoms with Crippen LogP contribution in [0.15, 0.2) is 78.2 Å². The number of H-pyrrole nitrogens is 1. The van der Waals surface area contributed by atoms with E-state index in [1.807, 2.05) is 42.5 Å². The van der Waals surface area contributed by atoms with Crippen LogP contribution in [-0.2, 0) is 0 Å². The molecule has 1 aromatic heterocycles. The third kappa shape index (κ3) is 2.76. The van der Waals surface area contributed by atoms with E-state index in [0.29, 0.717) is 11.5 Å². The first-order valence-corrected chi connectivity index (χ1v) is 9.48. The molecule has 2 heterocycles. The summed E-state index contributed by atoms with van der Waals surface area (Å²) in [7, 11) is 1.62. The van der Waals surface area contributed by atoms with E-state index in [2.05, 4.69) is 40.5 Å². The molecule has 4 aromatic rings. The summed E-state index contributed by atoms with van der Waals surface area (Å²) in [6, 6.07) is 24.2. The topological polar surface area (TPSA) is 97.0 Å². The van der Waals surface area contributed by atoms with Gasteiger partial charge in [-0.1, -0.05) is 54.6 Å². The van der Waals surface area contributed by atoms with Gasteiger partial charge in [-0.15, -0.1) is 5.10 Å². The lowest BCUT2D eigenvalue weighted by Crippen LogP contribution is -2.21. The Bertz CT molecular complexity index is 1350. The number of hydrogen-bond acceptors (Lipinski definition) is 5. The molecule has 5 rings (SSSR count). The summed E-state index contributed by atoms with van der Waals surface area (Å²) in [5.74, 6) is 0.781. The van der Waals surface area contributed by atoms with Crippen LogP contribution in [0.1, 0.15) is 17.0 Å². The fourth-order valence-corrected chi connectivity index (χ4v) is 3.96. The van der Waals surface area contributed by atoms with E-state index in [1.165, 1.54) is 0 Å². The predicted octanol–water partition coefficient (Wildman–Crippen LogP) is 4.46. The van der Waals surface area contributed by atoms with Crippen LogP contribution in [-0.4, -0.2) is 17.3 Å². The molecule has 0 radical (unpaired) electrons. The largest absolute Gasteiger partial charge is 0.497 e. The lowest BCUT2D eigenvalue weighted by Gasteiger charge is -2.24. The minimum atomic E-state index is -0.400. The van der Waals surface area contributed by atoms with Crippen molar-refractivity contribution in [2.24, 2.45) is 5.73 Å². The number of fused-ring (bicyclic) bond motifs is 2. The number of methoxy groups -OCH3 is 1. The molecule has 6 heteroatoms. The van der Waals surface area contributed by atoms with Crippen molar-refractivity contribution in [3.63, 3.8) is 0 Å². The Morgan fingerprint density at radius 3 is 2.70 bits per heavy atom. The predicted molar refractivity (Wildman–Crippen MR) is 114 cm³/mol. The van der Waals surface area contributed by atoms with Gasteiger partial charge >= 0.3 is 0 Å². The quantitative estimate of drug-likeness (QED) is 0.535. The molecule has 1 aliphatic heterocycles. The van der Waals surface area contributed by atoms with E-state index in [1.54, 1.807) is 7.11 Å². The van der Waals surface area contributed by atoms with Gasteiger partial charge in [0, 0.05) is 5.56 Å². The Kier molecular flexibility index (Phi) is 4.15. The zero-order chi connectivity index (χ0) is 20.7. The molecule has 3 N–H and O–H groups in total. The molecule has 0 fully saturated rings. The lowest BCUT2D eigenvalue weighted by atomic mass is 9.82. The number of rotatable bonds is 3. The first kappa shape index (κ1) is 17.8. The second-order valence-electron chi connectivity index (χ2n) is 7.08. The van der Waals surface area contributed by atoms with Crippen molar-refractivity contribution in [2.75, 3.05) is 7.11 Å². The second-order valence-corrected chi connectivity index (χ2v) is 7.08. The van der Waals surface area contributed by atoms with Gasteiger partial charge in [-0.3, -0.25) is 5.10 Å². The minimum Gasteiger partial charge on any atom is -0.497 e. The molecule has 0 aliphatic carbocycles. The number of ether oxygens (including phenoxy) is 2. The van der Waals surface area contributed by atoms with Crippen molar-refractivity contribution >= 4 is 10.8 Å². The number of benzene rings is 3. The molecule has 1 aliphatic rings. The van der Waals surface area contributed by atoms with E-state index in [0.717, 1.165) is 38.9 Å². The Hall–Kier alpha value is -4.24. The summed E-state index contributed by atoms with van der Waals surface area (Å²) >= 11 is 0. The summed E-state index contributed by atoms with van der Waals surface area (Å²) in [6.45, 7) is 0. The van der Waals surface area contributed by atoms with E-state index in [-0.39, 0.29) is 5.88 Å². The van der Waals surface area contributed by atoms with Crippen molar-refractivity contribution < 1.29 is 9.47 Å². The van der Waals surface area contributed by atoms with Crippen LogP contribution >= 0.6 is 0 Å². The normalized spacial score (nSPS) is 15.4. The lowest BCUT2D eigenvalue weighted by molar-refractivity contribution is 0.379. The molecule has 0 amide bonds. The second kappa shape index (κ2) is 6.98. The number of aromatic nitrogens is 2. The zero-order valence-electron chi connectivity index (χ0n) is 16.2. The molecule has 0 unspecified atom stereocenters. The average molecular weight is 394 g/mol. The van der Waals surface area contributed by atoms with Gasteiger partial charge in [-0.05, 0) is 28.5 Å². The van der Waals surface area contributed by atoms with E-state index >= 15 is 0 Å². The van der Waals surface area contributed by atoms with Gasteiger partial charge in [0.05, 0.1) is 24.3 Å². The monoisotopic (exact) mass is 394 g/mol. The van der Waals surface area contributed by atoms with Crippen molar-refractivity contribution in [2.45, 2.75) is 5.92 Å². The highest BCUT2D eigenvalue weighted by Crippen LogP contribution is 2.46. The van der Waals surface area contributed by atoms with Crippen LogP contribution in [0.4, 0.5) is 0 Å². The fourth-order valence-electron chi connectivity index (χ4n) is 3.96. The number of nitriles is 1. The van der Waals surface area contributed by atoms with Gasteiger partial charge in [0.15, 0.2) is 0 Å². The van der Waals surface area contributed by atoms with Crippen molar-refractivity contribution in [3.05, 3.63) is 89.3 Å². The maximum absolute atomic E-state index is 9.89. The highest BCUT2D eigenvalue weighted by Gasteiger charge is 2.35. The molecule has 6 nitrogen and oxygen atoms in total. The summed E-state index contributed by atoms with van der Waals surface area (Å²) < 4.78 is 11.1. The first-order valence-electron chi connectivity index (χ1n) is 9.48. The summed E-state index contributed by atoms with van der Waals surface area (Å²) in [6.07, 6.45) is 0. The molecule has 0 spiro atoms. The van der Waals surface area contributed by atoms with Gasteiger partial charge < -0.3 is 15.2 Å². The number of nitrogens with zero attached hydrogens (tertiary/aromatic N) is 2. The Labute approximate surface area is 173 Å². The Morgan fingerprint density at radius 2 is 1.90 bits per heavy atom. The first-order chi connectivity index (χ1) is 14.7. The molecule has 30 heavy (non-hydrogen) atoms. The standard InChI is InChI=1S/C24H18N4O2/c1-29-18-8-4-7-17(12-18)22-21-20(19(13-25)23(26)30-24(21)28-27-22)16-10-9-14-5-2-3-6-15(14)11-16/h2-12,20H,26H2,1H3,(H,27,28)/t20-/m1/s1. The molecular formula is C24H18N4O2. The molecule has 0 bridgehead atoms. The smallest absolute Gasteiger partial charge is 0.244 e. The molecule has 0 saturated carbocycles. The third-order valence-corrected chi connectivity index (χ3v) is 5.40. The highest BCUT2D eigenvalue weighted by molar-refractivity contribution is 5.84.